The van der Waals surface area contributed by atoms with Gasteiger partial charge in [-0.3, -0.25) is 0 Å². The Balaban J connectivity index is 0.00000281. The van der Waals surface area contributed by atoms with Gasteiger partial charge < -0.3 is 43.9 Å². The lowest BCUT2D eigenvalue weighted by molar-refractivity contribution is -0.698. The fraction of sp³-hybridized carbons (Fsp3) is 0.176. The minimum absolute atomic E-state index is 0. The Morgan fingerprint density at radius 2 is 0.780 bits per heavy atom. The average Bonchev–Trinajstić information content (AvgIpc) is 3.73. The van der Waals surface area contributed by atoms with E-state index in [0.717, 1.165) is 0 Å². The van der Waals surface area contributed by atoms with Gasteiger partial charge in [-0.2, -0.15) is 26.3 Å². The van der Waals surface area contributed by atoms with Gasteiger partial charge in [-0.15, -0.1) is 0 Å². The lowest BCUT2D eigenvalue weighted by Crippen LogP contribution is -3.00. The van der Waals surface area contributed by atoms with Gasteiger partial charge in [0.05, 0.1) is 0 Å². The zero-order valence-corrected chi connectivity index (χ0v) is 27.1. The van der Waals surface area contributed by atoms with Gasteiger partial charge in [0.1, 0.15) is 24.6 Å². The Morgan fingerprint density at radius 1 is 0.480 bits per heavy atom. The molecule has 4 heterocycles. The molecule has 0 unspecified atom stereocenters. The van der Waals surface area contributed by atoms with Gasteiger partial charge in [-0.1, -0.05) is 24.3 Å². The Labute approximate surface area is 293 Å². The molecule has 0 aliphatic carbocycles. The summed E-state index contributed by atoms with van der Waals surface area (Å²) in [5.41, 5.74) is 1.60. The summed E-state index contributed by atoms with van der Waals surface area (Å²) in [5.74, 6) is -2.93. The highest BCUT2D eigenvalue weighted by atomic mass is 35.5. The van der Waals surface area contributed by atoms with Crippen molar-refractivity contribution in [2.75, 3.05) is 13.2 Å². The number of benzene rings is 2. The van der Waals surface area contributed by atoms with Gasteiger partial charge in [-0.05, 0) is 35.4 Å². The summed E-state index contributed by atoms with van der Waals surface area (Å²) in [6, 6.07) is 18.7. The molecule has 262 valence electrons. The van der Waals surface area contributed by atoms with Crippen LogP contribution in [0.2, 0.25) is 0 Å². The van der Waals surface area contributed by atoms with Crippen molar-refractivity contribution >= 4 is 0 Å². The molecule has 0 atom stereocenters. The summed E-state index contributed by atoms with van der Waals surface area (Å²) in [6.45, 7) is 0.318. The Bertz CT molecular complexity index is 1870. The number of hydrogen-bond acceptors (Lipinski definition) is 6. The monoisotopic (exact) mass is 738 g/mol. The number of alkyl halides is 6. The second-order valence-electron chi connectivity index (χ2n) is 10.6. The third-order valence-electron chi connectivity index (χ3n) is 7.41. The number of oxazole rings is 2. The van der Waals surface area contributed by atoms with Crippen LogP contribution in [0.1, 0.15) is 11.5 Å². The van der Waals surface area contributed by atoms with Crippen LogP contribution in [0, 0.1) is 0 Å². The minimum atomic E-state index is -4.80. The Kier molecular flexibility index (Phi) is 11.7. The second kappa shape index (κ2) is 15.4. The maximum absolute atomic E-state index is 13.9. The SMILES string of the molecule is OCC[n+]1ccc(-c2nc(-c3ccc(-c4ccc(-c5nc(-c6cc[n+](CCO)cc6)c(C(F)(F)F)o5)cc4)cc3)oc2C(F)(F)F)cc1.[Cl-].[Cl-]. The predicted octanol–water partition coefficient (Wildman–Crippen LogP) is 0.603. The van der Waals surface area contributed by atoms with Crippen LogP contribution in [0.15, 0.2) is 106 Å². The predicted molar refractivity (Wildman–Crippen MR) is 158 cm³/mol. The van der Waals surface area contributed by atoms with Crippen molar-refractivity contribution in [3.8, 4) is 56.6 Å². The van der Waals surface area contributed by atoms with Crippen LogP contribution in [0.4, 0.5) is 26.3 Å². The summed E-state index contributed by atoms with van der Waals surface area (Å²) in [6.07, 6.45) is -3.45. The zero-order valence-electron chi connectivity index (χ0n) is 25.6. The molecular formula is C34H26Cl2F6N4O4. The summed E-state index contributed by atoms with van der Waals surface area (Å²) in [4.78, 5) is 8.29. The fourth-order valence-corrected chi connectivity index (χ4v) is 5.03. The molecule has 0 radical (unpaired) electrons. The van der Waals surface area contributed by atoms with Gasteiger partial charge in [0.15, 0.2) is 37.9 Å². The van der Waals surface area contributed by atoms with Crippen molar-refractivity contribution in [2.45, 2.75) is 25.4 Å². The lowest BCUT2D eigenvalue weighted by atomic mass is 10.0. The number of nitrogens with zero attached hydrogens (tertiary/aromatic N) is 4. The summed E-state index contributed by atoms with van der Waals surface area (Å²) < 4.78 is 96.8. The van der Waals surface area contributed by atoms with E-state index in [-0.39, 0.29) is 85.4 Å². The molecule has 2 aromatic carbocycles. The molecule has 16 heteroatoms. The molecule has 50 heavy (non-hydrogen) atoms. The Hall–Kier alpha value is -4.76. The third-order valence-corrected chi connectivity index (χ3v) is 7.41. The maximum Gasteiger partial charge on any atom is 0.451 e. The van der Waals surface area contributed by atoms with E-state index in [1.165, 1.54) is 49.1 Å². The highest BCUT2D eigenvalue weighted by molar-refractivity contribution is 5.72. The van der Waals surface area contributed by atoms with Crippen molar-refractivity contribution in [3.63, 3.8) is 0 Å². The number of rotatable bonds is 9. The molecule has 0 saturated heterocycles. The lowest BCUT2D eigenvalue weighted by Gasteiger charge is -2.05. The average molecular weight is 740 g/mol. The van der Waals surface area contributed by atoms with Crippen molar-refractivity contribution in [1.29, 1.82) is 0 Å². The van der Waals surface area contributed by atoms with Gasteiger partial charge >= 0.3 is 12.4 Å². The van der Waals surface area contributed by atoms with Crippen LogP contribution < -0.4 is 33.9 Å². The van der Waals surface area contributed by atoms with Crippen LogP contribution in [-0.2, 0) is 25.4 Å². The summed E-state index contributed by atoms with van der Waals surface area (Å²) >= 11 is 0. The molecule has 0 spiro atoms. The van der Waals surface area contributed by atoms with E-state index in [9.17, 15) is 26.3 Å². The molecule has 6 aromatic rings. The molecule has 4 aromatic heterocycles. The minimum Gasteiger partial charge on any atom is -1.00 e. The second-order valence-corrected chi connectivity index (χ2v) is 10.6. The number of hydrogen-bond donors (Lipinski definition) is 2. The molecule has 0 fully saturated rings. The highest BCUT2D eigenvalue weighted by Crippen LogP contribution is 2.41. The number of aliphatic hydroxyl groups is 2. The first-order chi connectivity index (χ1) is 22.9. The Morgan fingerprint density at radius 3 is 1.06 bits per heavy atom. The normalized spacial score (nSPS) is 11.6. The quantitative estimate of drug-likeness (QED) is 0.167. The summed E-state index contributed by atoms with van der Waals surface area (Å²) in [7, 11) is 0. The first-order valence-corrected chi connectivity index (χ1v) is 14.5. The molecule has 0 amide bonds. The van der Waals surface area contributed by atoms with E-state index in [1.807, 2.05) is 0 Å². The molecule has 0 bridgehead atoms. The third kappa shape index (κ3) is 8.16. The van der Waals surface area contributed by atoms with Gasteiger partial charge in [0.25, 0.3) is 0 Å². The smallest absolute Gasteiger partial charge is 0.451 e. The maximum atomic E-state index is 13.9. The van der Waals surface area contributed by atoms with Gasteiger partial charge in [0, 0.05) is 46.5 Å². The van der Waals surface area contributed by atoms with Crippen molar-refractivity contribution < 1.29 is 79.3 Å². The van der Waals surface area contributed by atoms with E-state index in [1.54, 1.807) is 57.7 Å². The fourth-order valence-electron chi connectivity index (χ4n) is 5.03. The molecule has 8 nitrogen and oxygen atoms in total. The van der Waals surface area contributed by atoms with Gasteiger partial charge in [-0.25, -0.2) is 19.1 Å². The van der Waals surface area contributed by atoms with Crippen LogP contribution in [0.3, 0.4) is 0 Å². The molecule has 0 aliphatic rings. The number of halogens is 8. The van der Waals surface area contributed by atoms with Crippen LogP contribution in [-0.4, -0.2) is 33.4 Å². The van der Waals surface area contributed by atoms with E-state index in [2.05, 4.69) is 9.97 Å². The number of pyridine rings is 2. The first kappa shape index (κ1) is 38.0. The number of aliphatic hydroxyl groups excluding tert-OH is 2. The molecule has 0 saturated carbocycles. The zero-order chi connectivity index (χ0) is 34.1. The molecule has 6 rings (SSSR count). The van der Waals surface area contributed by atoms with Crippen LogP contribution in [0.25, 0.3) is 56.6 Å². The largest absolute Gasteiger partial charge is 1.00 e. The van der Waals surface area contributed by atoms with Crippen LogP contribution in [0.5, 0.6) is 0 Å². The summed E-state index contributed by atoms with van der Waals surface area (Å²) in [5, 5.41) is 18.2. The molecular weight excluding hydrogens is 713 g/mol. The van der Waals surface area contributed by atoms with E-state index in [0.29, 0.717) is 22.3 Å². The molecule has 2 N–H and O–H groups in total. The molecule has 0 aliphatic heterocycles. The van der Waals surface area contributed by atoms with E-state index in [4.69, 9.17) is 19.0 Å². The topological polar surface area (TPSA) is 100 Å². The highest BCUT2D eigenvalue weighted by Gasteiger charge is 2.41. The van der Waals surface area contributed by atoms with Crippen molar-refractivity contribution in [1.82, 2.24) is 9.97 Å². The van der Waals surface area contributed by atoms with Gasteiger partial charge in [0.2, 0.25) is 23.3 Å². The standard InChI is InChI=1S/C34H26F6N4O4.2ClH/c35-33(36,37)29-27(23-9-13-43(14-10-23)17-19-45)41-31(47-29)25-5-1-21(2-6-25)22-3-7-26(8-4-22)32-42-28(30(48-32)34(38,39)40)24-11-15-44(16-12-24)18-20-46;;/h1-16,45-46H,17-20H2;2*1H/q+2;;/p-2. The number of aromatic nitrogens is 4. The first-order valence-electron chi connectivity index (χ1n) is 14.5. The van der Waals surface area contributed by atoms with Crippen molar-refractivity contribution in [3.05, 3.63) is 109 Å². The van der Waals surface area contributed by atoms with Crippen molar-refractivity contribution in [2.24, 2.45) is 0 Å². The van der Waals surface area contributed by atoms with E-state index < -0.39 is 23.9 Å². The van der Waals surface area contributed by atoms with E-state index >= 15 is 0 Å². The van der Waals surface area contributed by atoms with Crippen LogP contribution >= 0.6 is 0 Å².